The second-order valence-electron chi connectivity index (χ2n) is 9.11. The van der Waals surface area contributed by atoms with E-state index >= 15 is 0 Å². The SMILES string of the molecule is Cc1c(Cc2ccccc2)c(=O)oc2cc(OCC(=O)N3CCN(Cc4ccncc4)CC3)ccc12. The highest BCUT2D eigenvalue weighted by molar-refractivity contribution is 5.83. The van der Waals surface area contributed by atoms with Crippen molar-refractivity contribution >= 4 is 16.9 Å². The van der Waals surface area contributed by atoms with Gasteiger partial charge in [0.05, 0.1) is 0 Å². The van der Waals surface area contributed by atoms with Crippen molar-refractivity contribution < 1.29 is 13.9 Å². The molecule has 0 radical (unpaired) electrons. The fourth-order valence-corrected chi connectivity index (χ4v) is 4.61. The van der Waals surface area contributed by atoms with Gasteiger partial charge in [-0.15, -0.1) is 0 Å². The Balaban J connectivity index is 1.19. The van der Waals surface area contributed by atoms with Gasteiger partial charge in [0, 0.05) is 68.6 Å². The van der Waals surface area contributed by atoms with E-state index in [9.17, 15) is 9.59 Å². The highest BCUT2D eigenvalue weighted by Gasteiger charge is 2.21. The molecule has 7 heteroatoms. The lowest BCUT2D eigenvalue weighted by atomic mass is 10.00. The van der Waals surface area contributed by atoms with Crippen LogP contribution in [0.25, 0.3) is 11.0 Å². The molecule has 3 heterocycles. The normalized spacial score (nSPS) is 14.2. The van der Waals surface area contributed by atoms with Gasteiger partial charge in [0.2, 0.25) is 0 Å². The van der Waals surface area contributed by atoms with Crippen molar-refractivity contribution in [2.75, 3.05) is 32.8 Å². The van der Waals surface area contributed by atoms with E-state index in [0.29, 0.717) is 36.4 Å². The van der Waals surface area contributed by atoms with Crippen molar-refractivity contribution in [2.24, 2.45) is 0 Å². The number of fused-ring (bicyclic) bond motifs is 1. The van der Waals surface area contributed by atoms with Gasteiger partial charge < -0.3 is 14.1 Å². The fourth-order valence-electron chi connectivity index (χ4n) is 4.61. The van der Waals surface area contributed by atoms with E-state index in [1.165, 1.54) is 5.56 Å². The molecule has 1 saturated heterocycles. The lowest BCUT2D eigenvalue weighted by Gasteiger charge is -2.34. The molecule has 0 aliphatic carbocycles. The lowest BCUT2D eigenvalue weighted by molar-refractivity contribution is -0.135. The van der Waals surface area contributed by atoms with Gasteiger partial charge in [-0.25, -0.2) is 4.79 Å². The van der Waals surface area contributed by atoms with Crippen LogP contribution in [0.15, 0.2) is 82.3 Å². The Hall–Kier alpha value is -3.97. The number of piperazine rings is 1. The number of hydrogen-bond donors (Lipinski definition) is 0. The minimum atomic E-state index is -0.346. The molecule has 1 aliphatic heterocycles. The third kappa shape index (κ3) is 5.47. The maximum atomic E-state index is 12.7. The first-order valence-corrected chi connectivity index (χ1v) is 12.2. The molecule has 5 rings (SSSR count). The summed E-state index contributed by atoms with van der Waals surface area (Å²) in [6.45, 7) is 5.73. The van der Waals surface area contributed by atoms with Gasteiger partial charge in [0.1, 0.15) is 11.3 Å². The summed E-state index contributed by atoms with van der Waals surface area (Å²) in [5, 5.41) is 0.865. The van der Waals surface area contributed by atoms with Crippen LogP contribution in [-0.4, -0.2) is 53.5 Å². The maximum absolute atomic E-state index is 12.7. The summed E-state index contributed by atoms with van der Waals surface area (Å²) in [6.07, 6.45) is 4.12. The number of carbonyl (C=O) groups is 1. The number of rotatable bonds is 7. The Bertz CT molecular complexity index is 1390. The monoisotopic (exact) mass is 483 g/mol. The first-order valence-electron chi connectivity index (χ1n) is 12.2. The smallest absolute Gasteiger partial charge is 0.340 e. The third-order valence-corrected chi connectivity index (χ3v) is 6.73. The van der Waals surface area contributed by atoms with Gasteiger partial charge in [-0.2, -0.15) is 0 Å². The molecule has 36 heavy (non-hydrogen) atoms. The van der Waals surface area contributed by atoms with Crippen molar-refractivity contribution in [1.82, 2.24) is 14.8 Å². The zero-order valence-corrected chi connectivity index (χ0v) is 20.4. The summed E-state index contributed by atoms with van der Waals surface area (Å²) in [7, 11) is 0. The van der Waals surface area contributed by atoms with E-state index in [1.54, 1.807) is 18.5 Å². The third-order valence-electron chi connectivity index (χ3n) is 6.73. The molecule has 4 aromatic rings. The second-order valence-corrected chi connectivity index (χ2v) is 9.11. The van der Waals surface area contributed by atoms with E-state index in [0.717, 1.165) is 36.1 Å². The summed E-state index contributed by atoms with van der Waals surface area (Å²) in [5.74, 6) is 0.458. The number of pyridine rings is 1. The number of nitrogens with zero attached hydrogens (tertiary/aromatic N) is 3. The standard InChI is InChI=1S/C29H29N3O4/c1-21-25-8-7-24(18-27(25)36-29(34)26(21)17-22-5-3-2-4-6-22)35-20-28(33)32-15-13-31(14-16-32)19-23-9-11-30-12-10-23/h2-12,18H,13-17,19-20H2,1H3. The van der Waals surface area contributed by atoms with E-state index < -0.39 is 0 Å². The Kier molecular flexibility index (Phi) is 7.09. The highest BCUT2D eigenvalue weighted by atomic mass is 16.5. The van der Waals surface area contributed by atoms with Gasteiger partial charge in [0.25, 0.3) is 5.91 Å². The molecule has 1 amide bonds. The number of carbonyl (C=O) groups excluding carboxylic acids is 1. The first kappa shape index (κ1) is 23.8. The van der Waals surface area contributed by atoms with Crippen molar-refractivity contribution in [3.05, 3.63) is 106 Å². The molecule has 0 bridgehead atoms. The summed E-state index contributed by atoms with van der Waals surface area (Å²) in [5.41, 5.74) is 3.95. The minimum absolute atomic E-state index is 0.0468. The summed E-state index contributed by atoms with van der Waals surface area (Å²) in [4.78, 5) is 33.7. The number of aryl methyl sites for hydroxylation is 1. The number of aromatic nitrogens is 1. The van der Waals surface area contributed by atoms with Gasteiger partial charge >= 0.3 is 5.63 Å². The highest BCUT2D eigenvalue weighted by Crippen LogP contribution is 2.25. The number of ether oxygens (including phenoxy) is 1. The summed E-state index contributed by atoms with van der Waals surface area (Å²) >= 11 is 0. The zero-order valence-electron chi connectivity index (χ0n) is 20.4. The minimum Gasteiger partial charge on any atom is -0.484 e. The topological polar surface area (TPSA) is 75.9 Å². The molecule has 0 atom stereocenters. The maximum Gasteiger partial charge on any atom is 0.340 e. The molecule has 0 unspecified atom stereocenters. The molecule has 2 aromatic heterocycles. The molecule has 7 nitrogen and oxygen atoms in total. The van der Waals surface area contributed by atoms with Crippen molar-refractivity contribution in [3.63, 3.8) is 0 Å². The van der Waals surface area contributed by atoms with E-state index in [1.807, 2.05) is 66.4 Å². The van der Waals surface area contributed by atoms with Gasteiger partial charge in [0.15, 0.2) is 6.61 Å². The van der Waals surface area contributed by atoms with E-state index in [4.69, 9.17) is 9.15 Å². The molecule has 0 saturated carbocycles. The van der Waals surface area contributed by atoms with Crippen molar-refractivity contribution in [1.29, 1.82) is 0 Å². The average Bonchev–Trinajstić information content (AvgIpc) is 2.91. The van der Waals surface area contributed by atoms with Crippen LogP contribution in [0, 0.1) is 6.92 Å². The molecule has 0 spiro atoms. The van der Waals surface area contributed by atoms with Crippen LogP contribution >= 0.6 is 0 Å². The van der Waals surface area contributed by atoms with Crippen molar-refractivity contribution in [2.45, 2.75) is 19.9 Å². The molecule has 1 aliphatic rings. The van der Waals surface area contributed by atoms with Crippen molar-refractivity contribution in [3.8, 4) is 5.75 Å². The van der Waals surface area contributed by atoms with Gasteiger partial charge in [-0.05, 0) is 47.9 Å². The Labute approximate surface area is 209 Å². The summed E-state index contributed by atoms with van der Waals surface area (Å²) < 4.78 is 11.4. The Morgan fingerprint density at radius 3 is 2.47 bits per heavy atom. The van der Waals surface area contributed by atoms with Crippen LogP contribution in [0.1, 0.15) is 22.3 Å². The summed E-state index contributed by atoms with van der Waals surface area (Å²) in [6, 6.07) is 19.3. The molecule has 1 fully saturated rings. The number of hydrogen-bond acceptors (Lipinski definition) is 6. The van der Waals surface area contributed by atoms with Crippen LogP contribution in [0.2, 0.25) is 0 Å². The van der Waals surface area contributed by atoms with Crippen LogP contribution in [0.5, 0.6) is 5.75 Å². The largest absolute Gasteiger partial charge is 0.484 e. The first-order chi connectivity index (χ1) is 17.6. The molecule has 2 aromatic carbocycles. The molecular formula is C29H29N3O4. The molecular weight excluding hydrogens is 454 g/mol. The Morgan fingerprint density at radius 1 is 0.972 bits per heavy atom. The van der Waals surface area contributed by atoms with Crippen LogP contribution < -0.4 is 10.4 Å². The lowest BCUT2D eigenvalue weighted by Crippen LogP contribution is -2.49. The van der Waals surface area contributed by atoms with Crippen LogP contribution in [-0.2, 0) is 17.8 Å². The van der Waals surface area contributed by atoms with E-state index in [2.05, 4.69) is 9.88 Å². The quantitative estimate of drug-likeness (QED) is 0.372. The number of amides is 1. The van der Waals surface area contributed by atoms with Crippen LogP contribution in [0.3, 0.4) is 0 Å². The predicted octanol–water partition coefficient (Wildman–Crippen LogP) is 3.81. The van der Waals surface area contributed by atoms with Crippen LogP contribution in [0.4, 0.5) is 0 Å². The molecule has 184 valence electrons. The number of benzene rings is 2. The molecule has 0 N–H and O–H groups in total. The van der Waals surface area contributed by atoms with Gasteiger partial charge in [-0.3, -0.25) is 14.7 Å². The Morgan fingerprint density at radius 2 is 1.72 bits per heavy atom. The zero-order chi connectivity index (χ0) is 24.9. The predicted molar refractivity (Wildman–Crippen MR) is 138 cm³/mol. The van der Waals surface area contributed by atoms with Gasteiger partial charge in [-0.1, -0.05) is 30.3 Å². The fraction of sp³-hybridized carbons (Fsp3) is 0.276. The van der Waals surface area contributed by atoms with E-state index in [-0.39, 0.29) is 18.1 Å². The second kappa shape index (κ2) is 10.7. The average molecular weight is 484 g/mol.